The van der Waals surface area contributed by atoms with Gasteiger partial charge in [0, 0.05) is 12.7 Å². The molecule has 0 saturated heterocycles. The maximum atomic E-state index is 12.3. The molecule has 20 heavy (non-hydrogen) atoms. The van der Waals surface area contributed by atoms with E-state index in [1.54, 1.807) is 31.3 Å². The summed E-state index contributed by atoms with van der Waals surface area (Å²) in [5.74, 6) is 0. The third kappa shape index (κ3) is 3.23. The number of sulfonamides is 1. The normalized spacial score (nSPS) is 11.2. The van der Waals surface area contributed by atoms with Gasteiger partial charge in [-0.25, -0.2) is 8.42 Å². The second-order valence-electron chi connectivity index (χ2n) is 4.36. The molecule has 0 saturated carbocycles. The van der Waals surface area contributed by atoms with E-state index in [4.69, 9.17) is 11.6 Å². The molecule has 0 fully saturated rings. The number of rotatable bonds is 4. The van der Waals surface area contributed by atoms with Gasteiger partial charge < -0.3 is 5.32 Å². The van der Waals surface area contributed by atoms with Crippen molar-refractivity contribution in [2.75, 3.05) is 17.1 Å². The summed E-state index contributed by atoms with van der Waals surface area (Å²) in [5.41, 5.74) is 2.15. The Hall–Kier alpha value is -1.72. The van der Waals surface area contributed by atoms with E-state index in [0.717, 1.165) is 11.3 Å². The number of nitrogens with one attached hydrogen (secondary N) is 2. The van der Waals surface area contributed by atoms with E-state index >= 15 is 0 Å². The van der Waals surface area contributed by atoms with E-state index in [9.17, 15) is 8.42 Å². The molecule has 0 aliphatic carbocycles. The fourth-order valence-electron chi connectivity index (χ4n) is 1.72. The number of anilines is 2. The first-order chi connectivity index (χ1) is 9.42. The first-order valence-electron chi connectivity index (χ1n) is 5.99. The number of hydrogen-bond donors (Lipinski definition) is 2. The van der Waals surface area contributed by atoms with E-state index in [1.807, 2.05) is 13.0 Å². The quantitative estimate of drug-likeness (QED) is 0.909. The molecule has 0 bridgehead atoms. The van der Waals surface area contributed by atoms with Gasteiger partial charge in [0.05, 0.1) is 15.6 Å². The van der Waals surface area contributed by atoms with Gasteiger partial charge >= 0.3 is 0 Å². The standard InChI is InChI=1S/C14H15ClN2O2S/c1-10-3-8-13(15)14(9-10)17-20(18,19)12-6-4-11(16-2)5-7-12/h3-9,16-17H,1-2H3. The van der Waals surface area contributed by atoms with Crippen molar-refractivity contribution >= 4 is 33.0 Å². The highest BCUT2D eigenvalue weighted by Gasteiger charge is 2.15. The molecule has 106 valence electrons. The zero-order valence-electron chi connectivity index (χ0n) is 11.1. The summed E-state index contributed by atoms with van der Waals surface area (Å²) in [6, 6.07) is 11.7. The van der Waals surface area contributed by atoms with E-state index in [-0.39, 0.29) is 4.90 Å². The van der Waals surface area contributed by atoms with Gasteiger partial charge in [0.1, 0.15) is 0 Å². The molecule has 2 aromatic rings. The summed E-state index contributed by atoms with van der Waals surface area (Å²) in [5, 5.41) is 3.30. The van der Waals surface area contributed by atoms with Crippen molar-refractivity contribution in [2.45, 2.75) is 11.8 Å². The molecule has 0 heterocycles. The van der Waals surface area contributed by atoms with Crippen LogP contribution in [-0.4, -0.2) is 15.5 Å². The molecule has 0 aliphatic heterocycles. The fraction of sp³-hybridized carbons (Fsp3) is 0.143. The lowest BCUT2D eigenvalue weighted by molar-refractivity contribution is 0.601. The fourth-order valence-corrected chi connectivity index (χ4v) is 3.01. The maximum absolute atomic E-state index is 12.3. The van der Waals surface area contributed by atoms with Crippen LogP contribution in [0.4, 0.5) is 11.4 Å². The largest absolute Gasteiger partial charge is 0.388 e. The van der Waals surface area contributed by atoms with Gasteiger partial charge in [-0.3, -0.25) is 4.72 Å². The Morgan fingerprint density at radius 2 is 1.70 bits per heavy atom. The minimum absolute atomic E-state index is 0.189. The Kier molecular flexibility index (Phi) is 4.20. The third-order valence-corrected chi connectivity index (χ3v) is 4.53. The minimum atomic E-state index is -3.64. The molecule has 0 unspecified atom stereocenters. The second-order valence-corrected chi connectivity index (χ2v) is 6.45. The van der Waals surface area contributed by atoms with Gasteiger partial charge in [-0.1, -0.05) is 17.7 Å². The molecular formula is C14H15ClN2O2S. The Balaban J connectivity index is 2.32. The maximum Gasteiger partial charge on any atom is 0.261 e. The van der Waals surface area contributed by atoms with Gasteiger partial charge in [0.2, 0.25) is 0 Å². The predicted octanol–water partition coefficient (Wildman–Crippen LogP) is 3.49. The topological polar surface area (TPSA) is 58.2 Å². The van der Waals surface area contributed by atoms with Gasteiger partial charge in [-0.2, -0.15) is 0 Å². The van der Waals surface area contributed by atoms with Crippen molar-refractivity contribution in [1.82, 2.24) is 0 Å². The van der Waals surface area contributed by atoms with Crippen LogP contribution in [0.5, 0.6) is 0 Å². The van der Waals surface area contributed by atoms with Gasteiger partial charge in [-0.05, 0) is 48.9 Å². The highest BCUT2D eigenvalue weighted by molar-refractivity contribution is 7.92. The van der Waals surface area contributed by atoms with E-state index < -0.39 is 10.0 Å². The molecule has 0 spiro atoms. The van der Waals surface area contributed by atoms with Crippen molar-refractivity contribution in [3.05, 3.63) is 53.1 Å². The number of hydrogen-bond acceptors (Lipinski definition) is 3. The minimum Gasteiger partial charge on any atom is -0.388 e. The van der Waals surface area contributed by atoms with Crippen molar-refractivity contribution in [1.29, 1.82) is 0 Å². The van der Waals surface area contributed by atoms with Crippen LogP contribution in [0.15, 0.2) is 47.4 Å². The van der Waals surface area contributed by atoms with Crippen LogP contribution >= 0.6 is 11.6 Å². The Morgan fingerprint density at radius 1 is 1.05 bits per heavy atom. The lowest BCUT2D eigenvalue weighted by atomic mass is 10.2. The molecule has 4 nitrogen and oxygen atoms in total. The monoisotopic (exact) mass is 310 g/mol. The molecule has 0 amide bonds. The molecule has 0 aromatic heterocycles. The number of aryl methyl sites for hydroxylation is 1. The van der Waals surface area contributed by atoms with Gasteiger partial charge in [-0.15, -0.1) is 0 Å². The summed E-state index contributed by atoms with van der Waals surface area (Å²) in [6.07, 6.45) is 0. The highest BCUT2D eigenvalue weighted by Crippen LogP contribution is 2.26. The Bertz CT molecular complexity index is 712. The molecule has 0 atom stereocenters. The average molecular weight is 311 g/mol. The first-order valence-corrected chi connectivity index (χ1v) is 7.85. The zero-order valence-corrected chi connectivity index (χ0v) is 12.7. The summed E-state index contributed by atoms with van der Waals surface area (Å²) in [7, 11) is -1.87. The number of benzene rings is 2. The lowest BCUT2D eigenvalue weighted by Gasteiger charge is -2.11. The van der Waals surface area contributed by atoms with Gasteiger partial charge in [0.15, 0.2) is 0 Å². The molecule has 0 radical (unpaired) electrons. The van der Waals surface area contributed by atoms with Crippen LogP contribution < -0.4 is 10.0 Å². The molecule has 2 rings (SSSR count). The van der Waals surface area contributed by atoms with Crippen LogP contribution in [0.3, 0.4) is 0 Å². The summed E-state index contributed by atoms with van der Waals surface area (Å²) in [4.78, 5) is 0.189. The van der Waals surface area contributed by atoms with Gasteiger partial charge in [0.25, 0.3) is 10.0 Å². The van der Waals surface area contributed by atoms with E-state index in [1.165, 1.54) is 12.1 Å². The average Bonchev–Trinajstić information content (AvgIpc) is 2.43. The molecule has 0 aliphatic rings. The van der Waals surface area contributed by atoms with Crippen LogP contribution in [0, 0.1) is 6.92 Å². The van der Waals surface area contributed by atoms with Crippen molar-refractivity contribution in [3.8, 4) is 0 Å². The van der Waals surface area contributed by atoms with Crippen LogP contribution in [-0.2, 0) is 10.0 Å². The summed E-state index contributed by atoms with van der Waals surface area (Å²) < 4.78 is 27.1. The van der Waals surface area contributed by atoms with Crippen molar-refractivity contribution < 1.29 is 8.42 Å². The SMILES string of the molecule is CNc1ccc(S(=O)(=O)Nc2cc(C)ccc2Cl)cc1. The summed E-state index contributed by atoms with van der Waals surface area (Å²) >= 11 is 6.00. The van der Waals surface area contributed by atoms with Crippen molar-refractivity contribution in [3.63, 3.8) is 0 Å². The van der Waals surface area contributed by atoms with Crippen LogP contribution in [0.1, 0.15) is 5.56 Å². The molecule has 6 heteroatoms. The second kappa shape index (κ2) is 5.73. The highest BCUT2D eigenvalue weighted by atomic mass is 35.5. The summed E-state index contributed by atoms with van der Waals surface area (Å²) in [6.45, 7) is 1.87. The lowest BCUT2D eigenvalue weighted by Crippen LogP contribution is -2.13. The number of halogens is 1. The Morgan fingerprint density at radius 3 is 2.30 bits per heavy atom. The molecule has 2 N–H and O–H groups in total. The predicted molar refractivity (Wildman–Crippen MR) is 83.0 cm³/mol. The van der Waals surface area contributed by atoms with E-state index in [0.29, 0.717) is 10.7 Å². The van der Waals surface area contributed by atoms with E-state index in [2.05, 4.69) is 10.0 Å². The zero-order chi connectivity index (χ0) is 14.8. The van der Waals surface area contributed by atoms with Crippen LogP contribution in [0.2, 0.25) is 5.02 Å². The van der Waals surface area contributed by atoms with Crippen molar-refractivity contribution in [2.24, 2.45) is 0 Å². The first kappa shape index (κ1) is 14.7. The molecule has 2 aromatic carbocycles. The third-order valence-electron chi connectivity index (χ3n) is 2.82. The Labute approximate surface area is 123 Å². The van der Waals surface area contributed by atoms with Crippen LogP contribution in [0.25, 0.3) is 0 Å². The molecular weight excluding hydrogens is 296 g/mol. The smallest absolute Gasteiger partial charge is 0.261 e.